The summed E-state index contributed by atoms with van der Waals surface area (Å²) in [7, 11) is 0. The van der Waals surface area contributed by atoms with Gasteiger partial charge in [-0.2, -0.15) is 0 Å². The molecule has 2 saturated carbocycles. The maximum atomic E-state index is 12.6. The number of aryl methyl sites for hydroxylation is 1. The summed E-state index contributed by atoms with van der Waals surface area (Å²) < 4.78 is 0. The molecule has 3 fully saturated rings. The molecule has 1 aromatic carbocycles. The summed E-state index contributed by atoms with van der Waals surface area (Å²) in [5.74, 6) is 1.00. The molecule has 4 rings (SSSR count). The van der Waals surface area contributed by atoms with E-state index in [0.29, 0.717) is 17.9 Å². The van der Waals surface area contributed by atoms with Crippen molar-refractivity contribution in [3.8, 4) is 0 Å². The lowest BCUT2D eigenvalue weighted by atomic mass is 10.1. The zero-order valence-corrected chi connectivity index (χ0v) is 11.5. The second-order valence-electron chi connectivity index (χ2n) is 6.53. The lowest BCUT2D eigenvalue weighted by Gasteiger charge is -2.25. The largest absolute Gasteiger partial charge is 0.318 e. The van der Waals surface area contributed by atoms with Gasteiger partial charge in [-0.05, 0) is 37.7 Å². The number of benzene rings is 1. The van der Waals surface area contributed by atoms with E-state index in [2.05, 4.69) is 48.3 Å². The first-order valence-electron chi connectivity index (χ1n) is 7.28. The fourth-order valence-electron chi connectivity index (χ4n) is 3.27. The average molecular weight is 256 g/mol. The van der Waals surface area contributed by atoms with Gasteiger partial charge in [0.2, 0.25) is 5.91 Å². The SMILES string of the molecule is Cc1ccc(C2NC3(CC3)C(=O)N2C2CC2C)cc1. The third-order valence-electron chi connectivity index (χ3n) is 4.90. The smallest absolute Gasteiger partial charge is 0.244 e. The van der Waals surface area contributed by atoms with Crippen molar-refractivity contribution in [2.75, 3.05) is 0 Å². The molecular formula is C16H20N2O. The van der Waals surface area contributed by atoms with Crippen LogP contribution in [0.1, 0.15) is 43.5 Å². The second kappa shape index (κ2) is 3.60. The number of carbonyl (C=O) groups is 1. The van der Waals surface area contributed by atoms with E-state index in [0.717, 1.165) is 19.3 Å². The monoisotopic (exact) mass is 256 g/mol. The van der Waals surface area contributed by atoms with Crippen molar-refractivity contribution in [2.24, 2.45) is 5.92 Å². The van der Waals surface area contributed by atoms with Crippen LogP contribution in [0.2, 0.25) is 0 Å². The molecule has 0 radical (unpaired) electrons. The third-order valence-corrected chi connectivity index (χ3v) is 4.90. The Balaban J connectivity index is 1.69. The average Bonchev–Trinajstić information content (AvgIpc) is 3.27. The molecule has 0 aromatic heterocycles. The van der Waals surface area contributed by atoms with Crippen LogP contribution in [0.25, 0.3) is 0 Å². The van der Waals surface area contributed by atoms with Gasteiger partial charge < -0.3 is 4.90 Å². The van der Waals surface area contributed by atoms with E-state index in [1.807, 2.05) is 0 Å². The predicted molar refractivity (Wildman–Crippen MR) is 73.4 cm³/mol. The summed E-state index contributed by atoms with van der Waals surface area (Å²) in [5.41, 5.74) is 2.28. The van der Waals surface area contributed by atoms with Gasteiger partial charge in [0.1, 0.15) is 11.7 Å². The molecule has 3 atom stereocenters. The quantitative estimate of drug-likeness (QED) is 0.881. The molecule has 1 saturated heterocycles. The Bertz CT molecular complexity index is 532. The van der Waals surface area contributed by atoms with Crippen LogP contribution in [0.5, 0.6) is 0 Å². The fourth-order valence-corrected chi connectivity index (χ4v) is 3.27. The van der Waals surface area contributed by atoms with E-state index in [-0.39, 0.29) is 11.7 Å². The normalized spacial score (nSPS) is 34.9. The van der Waals surface area contributed by atoms with E-state index in [1.54, 1.807) is 0 Å². The van der Waals surface area contributed by atoms with Crippen molar-refractivity contribution in [1.82, 2.24) is 10.2 Å². The van der Waals surface area contributed by atoms with Crippen molar-refractivity contribution in [2.45, 2.75) is 50.9 Å². The van der Waals surface area contributed by atoms with Gasteiger partial charge in [0.25, 0.3) is 0 Å². The van der Waals surface area contributed by atoms with Crippen LogP contribution in [0, 0.1) is 12.8 Å². The van der Waals surface area contributed by atoms with Crippen molar-refractivity contribution < 1.29 is 4.79 Å². The molecule has 1 spiro atoms. The van der Waals surface area contributed by atoms with Crippen LogP contribution in [-0.4, -0.2) is 22.4 Å². The van der Waals surface area contributed by atoms with E-state index in [9.17, 15) is 4.79 Å². The number of rotatable bonds is 2. The standard InChI is InChI=1S/C16H20N2O/c1-10-3-5-12(6-4-10)14-17-16(7-8-16)15(19)18(14)13-9-11(13)2/h3-6,11,13-14,17H,7-9H2,1-2H3. The van der Waals surface area contributed by atoms with Gasteiger partial charge in [-0.25, -0.2) is 0 Å². The zero-order chi connectivity index (χ0) is 13.2. The number of hydrogen-bond acceptors (Lipinski definition) is 2. The second-order valence-corrected chi connectivity index (χ2v) is 6.53. The van der Waals surface area contributed by atoms with Gasteiger partial charge >= 0.3 is 0 Å². The first-order chi connectivity index (χ1) is 9.11. The van der Waals surface area contributed by atoms with Gasteiger partial charge in [-0.3, -0.25) is 10.1 Å². The first kappa shape index (κ1) is 11.5. The Hall–Kier alpha value is -1.35. The Morgan fingerprint density at radius 2 is 1.89 bits per heavy atom. The number of hydrogen-bond donors (Lipinski definition) is 1. The molecule has 1 heterocycles. The highest BCUT2D eigenvalue weighted by Crippen LogP contribution is 2.51. The number of carbonyl (C=O) groups excluding carboxylic acids is 1. The van der Waals surface area contributed by atoms with E-state index in [1.165, 1.54) is 11.1 Å². The van der Waals surface area contributed by atoms with Gasteiger partial charge in [0.05, 0.1) is 0 Å². The predicted octanol–water partition coefficient (Wildman–Crippen LogP) is 2.37. The molecule has 0 bridgehead atoms. The van der Waals surface area contributed by atoms with Gasteiger partial charge in [-0.1, -0.05) is 36.8 Å². The summed E-state index contributed by atoms with van der Waals surface area (Å²) in [4.78, 5) is 14.8. The summed E-state index contributed by atoms with van der Waals surface area (Å²) in [5, 5.41) is 3.60. The van der Waals surface area contributed by atoms with E-state index in [4.69, 9.17) is 0 Å². The minimum Gasteiger partial charge on any atom is -0.318 e. The molecule has 1 N–H and O–H groups in total. The van der Waals surface area contributed by atoms with Crippen LogP contribution >= 0.6 is 0 Å². The molecule has 1 aromatic rings. The molecule has 1 amide bonds. The van der Waals surface area contributed by atoms with Gasteiger partial charge in [0, 0.05) is 6.04 Å². The summed E-state index contributed by atoms with van der Waals surface area (Å²) in [6, 6.07) is 9.02. The molecule has 100 valence electrons. The molecule has 3 heteroatoms. The Labute approximate surface area is 114 Å². The summed E-state index contributed by atoms with van der Waals surface area (Å²) in [6.07, 6.45) is 3.26. The molecule has 3 aliphatic rings. The fraction of sp³-hybridized carbons (Fsp3) is 0.562. The van der Waals surface area contributed by atoms with Crippen LogP contribution in [0.15, 0.2) is 24.3 Å². The minimum absolute atomic E-state index is 0.0885. The maximum absolute atomic E-state index is 12.6. The highest BCUT2D eigenvalue weighted by Gasteiger charge is 2.62. The molecule has 19 heavy (non-hydrogen) atoms. The summed E-state index contributed by atoms with van der Waals surface area (Å²) in [6.45, 7) is 4.34. The summed E-state index contributed by atoms with van der Waals surface area (Å²) >= 11 is 0. The maximum Gasteiger partial charge on any atom is 0.244 e. The van der Waals surface area contributed by atoms with Crippen molar-refractivity contribution >= 4 is 5.91 Å². The molecular weight excluding hydrogens is 236 g/mol. The minimum atomic E-state index is -0.210. The Morgan fingerprint density at radius 1 is 1.26 bits per heavy atom. The highest BCUT2D eigenvalue weighted by molar-refractivity contribution is 5.92. The Kier molecular flexibility index (Phi) is 2.17. The van der Waals surface area contributed by atoms with Crippen molar-refractivity contribution in [1.29, 1.82) is 0 Å². The van der Waals surface area contributed by atoms with Gasteiger partial charge in [0.15, 0.2) is 0 Å². The highest BCUT2D eigenvalue weighted by atomic mass is 16.2. The van der Waals surface area contributed by atoms with Crippen LogP contribution < -0.4 is 5.32 Å². The Morgan fingerprint density at radius 3 is 2.42 bits per heavy atom. The van der Waals surface area contributed by atoms with Crippen LogP contribution in [-0.2, 0) is 4.79 Å². The van der Waals surface area contributed by atoms with Crippen molar-refractivity contribution in [3.05, 3.63) is 35.4 Å². The number of nitrogens with one attached hydrogen (secondary N) is 1. The first-order valence-corrected chi connectivity index (χ1v) is 7.28. The molecule has 3 unspecified atom stereocenters. The van der Waals surface area contributed by atoms with Gasteiger partial charge in [-0.15, -0.1) is 0 Å². The zero-order valence-electron chi connectivity index (χ0n) is 11.5. The molecule has 2 aliphatic carbocycles. The topological polar surface area (TPSA) is 32.3 Å². The lowest BCUT2D eigenvalue weighted by Crippen LogP contribution is -2.34. The lowest BCUT2D eigenvalue weighted by molar-refractivity contribution is -0.131. The number of amides is 1. The van der Waals surface area contributed by atoms with Crippen LogP contribution in [0.4, 0.5) is 0 Å². The molecule has 1 aliphatic heterocycles. The van der Waals surface area contributed by atoms with Crippen LogP contribution in [0.3, 0.4) is 0 Å². The third kappa shape index (κ3) is 1.64. The number of nitrogens with zero attached hydrogens (tertiary/aromatic N) is 1. The van der Waals surface area contributed by atoms with E-state index < -0.39 is 0 Å². The van der Waals surface area contributed by atoms with E-state index >= 15 is 0 Å². The van der Waals surface area contributed by atoms with Crippen molar-refractivity contribution in [3.63, 3.8) is 0 Å². The molecule has 3 nitrogen and oxygen atoms in total.